The monoisotopic (exact) mass is 373 g/mol. The summed E-state index contributed by atoms with van der Waals surface area (Å²) >= 11 is 0. The molecule has 1 aliphatic rings. The topological polar surface area (TPSA) is 45.2 Å². The number of carbonyl (C=O) groups is 1. The van der Waals surface area contributed by atoms with Crippen molar-refractivity contribution in [3.05, 3.63) is 71.9 Å². The van der Waals surface area contributed by atoms with Crippen molar-refractivity contribution >= 4 is 22.5 Å². The van der Waals surface area contributed by atoms with E-state index in [9.17, 15) is 4.79 Å². The van der Waals surface area contributed by atoms with E-state index in [1.807, 2.05) is 23.1 Å². The van der Waals surface area contributed by atoms with Crippen molar-refractivity contribution in [3.8, 4) is 0 Å². The van der Waals surface area contributed by atoms with Crippen LogP contribution in [0, 0.1) is 5.92 Å². The quantitative estimate of drug-likeness (QED) is 0.672. The molecule has 1 unspecified atom stereocenters. The molecule has 1 fully saturated rings. The van der Waals surface area contributed by atoms with Gasteiger partial charge in [0.1, 0.15) is 0 Å². The molecule has 1 N–H and O–H groups in total. The maximum absolute atomic E-state index is 12.4. The molecule has 28 heavy (non-hydrogen) atoms. The Hall–Kier alpha value is -2.88. The van der Waals surface area contributed by atoms with Crippen molar-refractivity contribution in [2.75, 3.05) is 25.0 Å². The lowest BCUT2D eigenvalue weighted by atomic mass is 10.1. The summed E-state index contributed by atoms with van der Waals surface area (Å²) in [5.74, 6) is 0.622. The number of likely N-dealkylation sites (tertiary alicyclic amines) is 1. The zero-order chi connectivity index (χ0) is 19.3. The van der Waals surface area contributed by atoms with Gasteiger partial charge < -0.3 is 10.2 Å². The second-order valence-electron chi connectivity index (χ2n) is 7.56. The second-order valence-corrected chi connectivity index (χ2v) is 7.56. The van der Waals surface area contributed by atoms with Crippen LogP contribution in [0.15, 0.2) is 60.7 Å². The third-order valence-electron chi connectivity index (χ3n) is 5.52. The predicted octanol–water partition coefficient (Wildman–Crippen LogP) is 4.30. The number of benzene rings is 2. The second kappa shape index (κ2) is 8.42. The number of aromatic nitrogens is 1. The summed E-state index contributed by atoms with van der Waals surface area (Å²) in [6.45, 7) is 4.58. The average Bonchev–Trinajstić information content (AvgIpc) is 3.10. The van der Waals surface area contributed by atoms with Gasteiger partial charge in [-0.2, -0.15) is 0 Å². The van der Waals surface area contributed by atoms with E-state index in [1.165, 1.54) is 5.56 Å². The number of pyridine rings is 1. The van der Waals surface area contributed by atoms with Gasteiger partial charge in [0.2, 0.25) is 5.91 Å². The molecule has 0 aliphatic carbocycles. The van der Waals surface area contributed by atoms with Crippen LogP contribution >= 0.6 is 0 Å². The zero-order valence-electron chi connectivity index (χ0n) is 16.4. The van der Waals surface area contributed by atoms with Crippen molar-refractivity contribution in [2.45, 2.75) is 26.2 Å². The van der Waals surface area contributed by atoms with Gasteiger partial charge in [-0.05, 0) is 30.5 Å². The van der Waals surface area contributed by atoms with Crippen LogP contribution in [0.25, 0.3) is 10.9 Å². The third-order valence-corrected chi connectivity index (χ3v) is 5.52. The van der Waals surface area contributed by atoms with Gasteiger partial charge in [0.25, 0.3) is 0 Å². The maximum Gasteiger partial charge on any atom is 0.223 e. The third kappa shape index (κ3) is 4.16. The summed E-state index contributed by atoms with van der Waals surface area (Å²) in [5, 5.41) is 4.74. The molecule has 0 bridgehead atoms. The molecule has 1 atom stereocenters. The van der Waals surface area contributed by atoms with Crippen molar-refractivity contribution < 1.29 is 4.79 Å². The zero-order valence-corrected chi connectivity index (χ0v) is 16.4. The first-order valence-electron chi connectivity index (χ1n) is 10.2. The summed E-state index contributed by atoms with van der Waals surface area (Å²) < 4.78 is 0. The van der Waals surface area contributed by atoms with Crippen LogP contribution in [0.1, 0.15) is 24.6 Å². The highest BCUT2D eigenvalue weighted by molar-refractivity contribution is 5.91. The molecule has 3 aromatic rings. The smallest absolute Gasteiger partial charge is 0.223 e. The molecule has 1 saturated heterocycles. The minimum Gasteiger partial charge on any atom is -0.384 e. The van der Waals surface area contributed by atoms with Crippen LogP contribution in [-0.4, -0.2) is 35.4 Å². The number of anilines is 1. The largest absolute Gasteiger partial charge is 0.384 e. The normalized spacial score (nSPS) is 16.7. The van der Waals surface area contributed by atoms with Crippen LogP contribution < -0.4 is 5.32 Å². The molecular formula is C24H27N3O. The van der Waals surface area contributed by atoms with Crippen LogP contribution in [-0.2, 0) is 17.6 Å². The molecule has 4 nitrogen and oxygen atoms in total. The van der Waals surface area contributed by atoms with Crippen LogP contribution in [0.3, 0.4) is 0 Å². The Morgan fingerprint density at radius 1 is 1.11 bits per heavy atom. The van der Waals surface area contributed by atoms with Crippen molar-refractivity contribution in [1.82, 2.24) is 9.88 Å². The first-order valence-corrected chi connectivity index (χ1v) is 10.2. The van der Waals surface area contributed by atoms with Gasteiger partial charge in [-0.1, -0.05) is 55.5 Å². The Balaban J connectivity index is 1.38. The first kappa shape index (κ1) is 18.5. The Morgan fingerprint density at radius 2 is 1.89 bits per heavy atom. The van der Waals surface area contributed by atoms with E-state index in [2.05, 4.69) is 54.7 Å². The Bertz CT molecular complexity index is 954. The highest BCUT2D eigenvalue weighted by Crippen LogP contribution is 2.25. The molecule has 2 aromatic carbocycles. The highest BCUT2D eigenvalue weighted by Gasteiger charge is 2.29. The number of nitrogens with zero attached hydrogens (tertiary/aromatic N) is 2. The lowest BCUT2D eigenvalue weighted by Crippen LogP contribution is -2.28. The summed E-state index contributed by atoms with van der Waals surface area (Å²) in [4.78, 5) is 19.1. The molecule has 4 heteroatoms. The summed E-state index contributed by atoms with van der Waals surface area (Å²) in [6, 6.07) is 20.8. The van der Waals surface area contributed by atoms with Gasteiger partial charge in [-0.3, -0.25) is 9.78 Å². The number of aryl methyl sites for hydroxylation is 1. The fourth-order valence-corrected chi connectivity index (χ4v) is 3.93. The van der Waals surface area contributed by atoms with Crippen LogP contribution in [0.4, 0.5) is 5.69 Å². The molecular weight excluding hydrogens is 346 g/mol. The Kier molecular flexibility index (Phi) is 5.56. The van der Waals surface area contributed by atoms with E-state index in [1.54, 1.807) is 0 Å². The molecule has 0 spiro atoms. The summed E-state index contributed by atoms with van der Waals surface area (Å²) in [7, 11) is 0. The van der Waals surface area contributed by atoms with Gasteiger partial charge in [0.15, 0.2) is 0 Å². The number of fused-ring (bicyclic) bond motifs is 1. The minimum absolute atomic E-state index is 0.275. The van der Waals surface area contributed by atoms with Crippen molar-refractivity contribution in [1.29, 1.82) is 0 Å². The molecule has 1 aromatic heterocycles. The van der Waals surface area contributed by atoms with Gasteiger partial charge in [0.05, 0.1) is 5.52 Å². The van der Waals surface area contributed by atoms with E-state index in [4.69, 9.17) is 4.98 Å². The first-order chi connectivity index (χ1) is 13.7. The van der Waals surface area contributed by atoms with Gasteiger partial charge in [-0.25, -0.2) is 0 Å². The number of rotatable bonds is 7. The van der Waals surface area contributed by atoms with E-state index >= 15 is 0 Å². The predicted molar refractivity (Wildman–Crippen MR) is 114 cm³/mol. The number of hydrogen-bond acceptors (Lipinski definition) is 3. The number of hydrogen-bond donors (Lipinski definition) is 1. The molecule has 0 radical (unpaired) electrons. The standard InChI is InChI=1S/C24H27N3O/c1-2-20-15-23(21-10-6-7-11-22(21)26-20)25-16-19-14-24(28)27(17-19)13-12-18-8-4-3-5-9-18/h3-11,15,19H,2,12-14,16-17H2,1H3,(H,25,26). The molecule has 2 heterocycles. The molecule has 1 aliphatic heterocycles. The fraction of sp³-hybridized carbons (Fsp3) is 0.333. The van der Waals surface area contributed by atoms with E-state index in [-0.39, 0.29) is 5.91 Å². The maximum atomic E-state index is 12.4. The van der Waals surface area contributed by atoms with Gasteiger partial charge in [0, 0.05) is 48.7 Å². The SMILES string of the molecule is CCc1cc(NCC2CC(=O)N(CCc3ccccc3)C2)c2ccccc2n1. The van der Waals surface area contributed by atoms with Gasteiger partial charge in [-0.15, -0.1) is 0 Å². The summed E-state index contributed by atoms with van der Waals surface area (Å²) in [5.41, 5.74) is 4.52. The number of amides is 1. The molecule has 1 amide bonds. The average molecular weight is 374 g/mol. The fourth-order valence-electron chi connectivity index (χ4n) is 3.93. The Morgan fingerprint density at radius 3 is 2.71 bits per heavy atom. The van der Waals surface area contributed by atoms with Crippen molar-refractivity contribution in [2.24, 2.45) is 5.92 Å². The molecule has 0 saturated carbocycles. The highest BCUT2D eigenvalue weighted by atomic mass is 16.2. The van der Waals surface area contributed by atoms with Crippen LogP contribution in [0.5, 0.6) is 0 Å². The Labute approximate surface area is 166 Å². The van der Waals surface area contributed by atoms with Gasteiger partial charge >= 0.3 is 0 Å². The number of para-hydroxylation sites is 1. The number of nitrogens with one attached hydrogen (secondary N) is 1. The lowest BCUT2D eigenvalue weighted by molar-refractivity contribution is -0.127. The molecule has 4 rings (SSSR count). The lowest BCUT2D eigenvalue weighted by Gasteiger charge is -2.18. The van der Waals surface area contributed by atoms with E-state index in [0.717, 1.165) is 54.8 Å². The summed E-state index contributed by atoms with van der Waals surface area (Å²) in [6.07, 6.45) is 2.46. The van der Waals surface area contributed by atoms with Crippen LogP contribution in [0.2, 0.25) is 0 Å². The van der Waals surface area contributed by atoms with E-state index in [0.29, 0.717) is 12.3 Å². The molecule has 144 valence electrons. The number of carbonyl (C=O) groups excluding carboxylic acids is 1. The van der Waals surface area contributed by atoms with Crippen molar-refractivity contribution in [3.63, 3.8) is 0 Å². The minimum atomic E-state index is 0.275. The van der Waals surface area contributed by atoms with E-state index < -0.39 is 0 Å².